The summed E-state index contributed by atoms with van der Waals surface area (Å²) in [6.45, 7) is 0.123. The van der Waals surface area contributed by atoms with Crippen molar-refractivity contribution in [3.63, 3.8) is 0 Å². The minimum atomic E-state index is -3.61. The first kappa shape index (κ1) is 26.4. The van der Waals surface area contributed by atoms with Crippen LogP contribution in [0.4, 0.5) is 4.39 Å². The summed E-state index contributed by atoms with van der Waals surface area (Å²) >= 11 is 0. The Morgan fingerprint density at radius 1 is 1.06 bits per heavy atom. The molecule has 1 atom stereocenters. The molecule has 0 unspecified atom stereocenters. The van der Waals surface area contributed by atoms with E-state index in [1.807, 2.05) is 30.3 Å². The SMILES string of the molecule is COCCNC(=O)[C@H](Cc1ccccc1)N(Cc1ccc(F)cc1)C(=O)CN(C)S(C)(=O)=O. The molecular weight excluding hydrogens is 449 g/mol. The summed E-state index contributed by atoms with van der Waals surface area (Å²) in [4.78, 5) is 27.8. The number of hydrogen-bond acceptors (Lipinski definition) is 5. The quantitative estimate of drug-likeness (QED) is 0.465. The molecule has 0 fully saturated rings. The van der Waals surface area contributed by atoms with Gasteiger partial charge in [-0.3, -0.25) is 9.59 Å². The monoisotopic (exact) mass is 479 g/mol. The number of carbonyl (C=O) groups is 2. The first-order valence-electron chi connectivity index (χ1n) is 10.4. The van der Waals surface area contributed by atoms with Crippen molar-refractivity contribution in [2.24, 2.45) is 0 Å². The summed E-state index contributed by atoms with van der Waals surface area (Å²) in [6, 6.07) is 13.9. The zero-order valence-corrected chi connectivity index (χ0v) is 19.8. The molecule has 0 heterocycles. The summed E-state index contributed by atoms with van der Waals surface area (Å²) in [7, 11) is -0.800. The normalized spacial score (nSPS) is 12.4. The van der Waals surface area contributed by atoms with Crippen LogP contribution in [-0.4, -0.2) is 75.6 Å². The van der Waals surface area contributed by atoms with Gasteiger partial charge in [0.15, 0.2) is 0 Å². The van der Waals surface area contributed by atoms with Gasteiger partial charge in [0, 0.05) is 33.7 Å². The third kappa shape index (κ3) is 8.56. The van der Waals surface area contributed by atoms with E-state index in [2.05, 4.69) is 5.32 Å². The van der Waals surface area contributed by atoms with Crippen LogP contribution in [0.15, 0.2) is 54.6 Å². The molecule has 2 rings (SSSR count). The third-order valence-electron chi connectivity index (χ3n) is 5.07. The molecule has 0 saturated heterocycles. The van der Waals surface area contributed by atoms with E-state index in [-0.39, 0.29) is 19.5 Å². The molecule has 33 heavy (non-hydrogen) atoms. The predicted octanol–water partition coefficient (Wildman–Crippen LogP) is 1.42. The van der Waals surface area contributed by atoms with Crippen molar-refractivity contribution in [1.29, 1.82) is 0 Å². The number of benzene rings is 2. The average Bonchev–Trinajstić information content (AvgIpc) is 2.77. The van der Waals surface area contributed by atoms with Crippen molar-refractivity contribution >= 4 is 21.8 Å². The Morgan fingerprint density at radius 3 is 2.27 bits per heavy atom. The maximum atomic E-state index is 13.4. The van der Waals surface area contributed by atoms with Crippen LogP contribution in [0.5, 0.6) is 0 Å². The maximum absolute atomic E-state index is 13.4. The number of hydrogen-bond donors (Lipinski definition) is 1. The van der Waals surface area contributed by atoms with E-state index in [9.17, 15) is 22.4 Å². The lowest BCUT2D eigenvalue weighted by Crippen LogP contribution is -2.53. The first-order valence-corrected chi connectivity index (χ1v) is 12.2. The van der Waals surface area contributed by atoms with Gasteiger partial charge in [-0.1, -0.05) is 42.5 Å². The number of halogens is 1. The molecular formula is C23H30FN3O5S. The van der Waals surface area contributed by atoms with E-state index in [0.29, 0.717) is 12.2 Å². The molecule has 0 radical (unpaired) electrons. The Bertz CT molecular complexity index is 1020. The molecule has 8 nitrogen and oxygen atoms in total. The fourth-order valence-electron chi connectivity index (χ4n) is 3.13. The second kappa shape index (κ2) is 12.4. The number of sulfonamides is 1. The van der Waals surface area contributed by atoms with Crippen LogP contribution in [0.3, 0.4) is 0 Å². The van der Waals surface area contributed by atoms with Gasteiger partial charge in [0.2, 0.25) is 21.8 Å². The first-order chi connectivity index (χ1) is 15.6. The minimum Gasteiger partial charge on any atom is -0.383 e. The lowest BCUT2D eigenvalue weighted by atomic mass is 10.0. The smallest absolute Gasteiger partial charge is 0.243 e. The highest BCUT2D eigenvalue weighted by molar-refractivity contribution is 7.88. The highest BCUT2D eigenvalue weighted by atomic mass is 32.2. The Balaban J connectivity index is 2.40. The number of likely N-dealkylation sites (N-methyl/N-ethyl adjacent to an activating group) is 1. The minimum absolute atomic E-state index is 0.00587. The second-order valence-corrected chi connectivity index (χ2v) is 9.75. The summed E-state index contributed by atoms with van der Waals surface area (Å²) < 4.78 is 43.1. The molecule has 0 saturated carbocycles. The van der Waals surface area contributed by atoms with Crippen molar-refractivity contribution in [1.82, 2.24) is 14.5 Å². The van der Waals surface area contributed by atoms with Crippen LogP contribution in [0, 0.1) is 5.82 Å². The summed E-state index contributed by atoms with van der Waals surface area (Å²) in [5.74, 6) is -1.37. The molecule has 1 N–H and O–H groups in total. The highest BCUT2D eigenvalue weighted by Gasteiger charge is 2.31. The highest BCUT2D eigenvalue weighted by Crippen LogP contribution is 2.16. The molecule has 0 aliphatic heterocycles. The van der Waals surface area contributed by atoms with Crippen LogP contribution >= 0.6 is 0 Å². The third-order valence-corrected chi connectivity index (χ3v) is 6.33. The number of methoxy groups -OCH3 is 1. The van der Waals surface area contributed by atoms with Gasteiger partial charge in [-0.25, -0.2) is 12.8 Å². The lowest BCUT2D eigenvalue weighted by Gasteiger charge is -2.32. The molecule has 2 amide bonds. The number of rotatable bonds is 12. The van der Waals surface area contributed by atoms with Crippen molar-refractivity contribution in [3.05, 3.63) is 71.5 Å². The Hall–Kier alpha value is -2.82. The topological polar surface area (TPSA) is 96.0 Å². The van der Waals surface area contributed by atoms with Gasteiger partial charge in [0.05, 0.1) is 19.4 Å². The van der Waals surface area contributed by atoms with E-state index in [1.54, 1.807) is 0 Å². The van der Waals surface area contributed by atoms with Crippen molar-refractivity contribution in [3.8, 4) is 0 Å². The molecule has 10 heteroatoms. The standard InChI is InChI=1S/C23H30FN3O5S/c1-26(33(3,30)31)17-22(28)27(16-19-9-11-20(24)12-10-19)21(23(29)25-13-14-32-2)15-18-7-5-4-6-8-18/h4-12,21H,13-17H2,1-3H3,(H,25,29)/t21-/m0/s1. The molecule has 180 valence electrons. The van der Waals surface area contributed by atoms with Crippen LogP contribution in [0.25, 0.3) is 0 Å². The summed E-state index contributed by atoms with van der Waals surface area (Å²) in [5, 5.41) is 2.77. The molecule has 0 aromatic heterocycles. The molecule has 0 bridgehead atoms. The molecule has 0 aliphatic rings. The van der Waals surface area contributed by atoms with Gasteiger partial charge in [-0.05, 0) is 23.3 Å². The fourth-order valence-corrected chi connectivity index (χ4v) is 3.48. The van der Waals surface area contributed by atoms with E-state index in [4.69, 9.17) is 4.74 Å². The average molecular weight is 480 g/mol. The van der Waals surface area contributed by atoms with Gasteiger partial charge in [-0.2, -0.15) is 4.31 Å². The van der Waals surface area contributed by atoms with Gasteiger partial charge in [0.25, 0.3) is 0 Å². The summed E-state index contributed by atoms with van der Waals surface area (Å²) in [5.41, 5.74) is 1.44. The van der Waals surface area contributed by atoms with Crippen LogP contribution < -0.4 is 5.32 Å². The zero-order valence-electron chi connectivity index (χ0n) is 19.0. The van der Waals surface area contributed by atoms with E-state index in [1.165, 1.54) is 43.3 Å². The van der Waals surface area contributed by atoms with Crippen molar-refractivity contribution < 1.29 is 27.1 Å². The number of ether oxygens (including phenoxy) is 1. The molecule has 0 spiro atoms. The van der Waals surface area contributed by atoms with Crippen LogP contribution in [0.2, 0.25) is 0 Å². The Labute approximate surface area is 194 Å². The van der Waals surface area contributed by atoms with Gasteiger partial charge < -0.3 is 15.0 Å². The molecule has 2 aromatic carbocycles. The van der Waals surface area contributed by atoms with Crippen molar-refractivity contribution in [2.45, 2.75) is 19.0 Å². The fraction of sp³-hybridized carbons (Fsp3) is 0.391. The Kier molecular flexibility index (Phi) is 9.95. The number of nitrogens with zero attached hydrogens (tertiary/aromatic N) is 2. The number of amides is 2. The largest absolute Gasteiger partial charge is 0.383 e. The zero-order chi connectivity index (χ0) is 24.4. The summed E-state index contributed by atoms with van der Waals surface area (Å²) in [6.07, 6.45) is 1.22. The second-order valence-electron chi connectivity index (χ2n) is 7.66. The van der Waals surface area contributed by atoms with Gasteiger partial charge in [-0.15, -0.1) is 0 Å². The van der Waals surface area contributed by atoms with E-state index in [0.717, 1.165) is 16.1 Å². The van der Waals surface area contributed by atoms with Crippen molar-refractivity contribution in [2.75, 3.05) is 40.1 Å². The van der Waals surface area contributed by atoms with Crippen LogP contribution in [-0.2, 0) is 37.3 Å². The van der Waals surface area contributed by atoms with Crippen LogP contribution in [0.1, 0.15) is 11.1 Å². The van der Waals surface area contributed by atoms with E-state index >= 15 is 0 Å². The number of carbonyl (C=O) groups excluding carboxylic acids is 2. The number of nitrogens with one attached hydrogen (secondary N) is 1. The van der Waals surface area contributed by atoms with E-state index < -0.39 is 40.2 Å². The lowest BCUT2D eigenvalue weighted by molar-refractivity contribution is -0.141. The predicted molar refractivity (Wildman–Crippen MR) is 123 cm³/mol. The van der Waals surface area contributed by atoms with Gasteiger partial charge in [0.1, 0.15) is 11.9 Å². The Morgan fingerprint density at radius 2 is 1.70 bits per heavy atom. The van der Waals surface area contributed by atoms with Gasteiger partial charge >= 0.3 is 0 Å². The molecule has 2 aromatic rings. The molecule has 0 aliphatic carbocycles. The maximum Gasteiger partial charge on any atom is 0.243 e.